The van der Waals surface area contributed by atoms with Crippen LogP contribution in [0.5, 0.6) is 0 Å². The maximum absolute atomic E-state index is 12.1. The number of hydrogen-bond donors (Lipinski definition) is 2. The van der Waals surface area contributed by atoms with Gasteiger partial charge in [-0.05, 0) is 44.0 Å². The molecule has 124 valence electrons. The molecule has 1 aliphatic rings. The van der Waals surface area contributed by atoms with E-state index in [0.29, 0.717) is 11.1 Å². The molecular weight excluding hydrogens is 296 g/mol. The number of carbonyl (C=O) groups is 3. The zero-order chi connectivity index (χ0) is 16.8. The fraction of sp³-hybridized carbons (Fsp3) is 0.471. The maximum Gasteiger partial charge on any atom is 0.337 e. The molecule has 1 aromatic carbocycles. The molecular formula is C17H22N2O4. The number of esters is 1. The Morgan fingerprint density at radius 2 is 1.65 bits per heavy atom. The Labute approximate surface area is 135 Å². The largest absolute Gasteiger partial charge is 0.465 e. The monoisotopic (exact) mass is 318 g/mol. The van der Waals surface area contributed by atoms with Crippen LogP contribution < -0.4 is 10.6 Å². The molecule has 1 fully saturated rings. The van der Waals surface area contributed by atoms with E-state index in [-0.39, 0.29) is 17.9 Å². The van der Waals surface area contributed by atoms with Crippen LogP contribution in [-0.4, -0.2) is 37.0 Å². The number of amides is 2. The molecule has 0 saturated heterocycles. The second-order valence-electron chi connectivity index (χ2n) is 5.75. The van der Waals surface area contributed by atoms with Crippen molar-refractivity contribution in [2.75, 3.05) is 7.11 Å². The average molecular weight is 318 g/mol. The second kappa shape index (κ2) is 7.76. The van der Waals surface area contributed by atoms with E-state index in [0.717, 1.165) is 25.7 Å². The van der Waals surface area contributed by atoms with Crippen molar-refractivity contribution < 1.29 is 19.1 Å². The molecule has 1 atom stereocenters. The highest BCUT2D eigenvalue weighted by atomic mass is 16.5. The third kappa shape index (κ3) is 4.55. The van der Waals surface area contributed by atoms with E-state index in [9.17, 15) is 14.4 Å². The van der Waals surface area contributed by atoms with Crippen molar-refractivity contribution in [2.24, 2.45) is 0 Å². The van der Waals surface area contributed by atoms with Crippen LogP contribution in [0.1, 0.15) is 53.3 Å². The van der Waals surface area contributed by atoms with Crippen molar-refractivity contribution in [2.45, 2.75) is 44.7 Å². The van der Waals surface area contributed by atoms with E-state index in [1.165, 1.54) is 31.4 Å². The molecule has 2 rings (SSSR count). The predicted octanol–water partition coefficient (Wildman–Crippen LogP) is 1.65. The lowest BCUT2D eigenvalue weighted by Gasteiger charge is -2.17. The van der Waals surface area contributed by atoms with Crippen LogP contribution in [0.15, 0.2) is 24.3 Å². The lowest BCUT2D eigenvalue weighted by molar-refractivity contribution is -0.123. The third-order valence-electron chi connectivity index (χ3n) is 4.01. The first-order valence-corrected chi connectivity index (χ1v) is 7.81. The fourth-order valence-corrected chi connectivity index (χ4v) is 2.62. The summed E-state index contributed by atoms with van der Waals surface area (Å²) in [6.45, 7) is 1.66. The summed E-state index contributed by atoms with van der Waals surface area (Å²) in [7, 11) is 1.30. The number of ether oxygens (including phenoxy) is 1. The van der Waals surface area contributed by atoms with Gasteiger partial charge in [-0.1, -0.05) is 12.8 Å². The third-order valence-corrected chi connectivity index (χ3v) is 4.01. The highest BCUT2D eigenvalue weighted by Crippen LogP contribution is 2.17. The molecule has 6 nitrogen and oxygen atoms in total. The molecule has 2 amide bonds. The molecule has 0 radical (unpaired) electrons. The Kier molecular flexibility index (Phi) is 5.73. The average Bonchev–Trinajstić information content (AvgIpc) is 3.07. The van der Waals surface area contributed by atoms with Gasteiger partial charge in [-0.2, -0.15) is 0 Å². The van der Waals surface area contributed by atoms with Gasteiger partial charge in [0.05, 0.1) is 12.7 Å². The van der Waals surface area contributed by atoms with Gasteiger partial charge in [0.15, 0.2) is 0 Å². The highest BCUT2D eigenvalue weighted by Gasteiger charge is 2.22. The highest BCUT2D eigenvalue weighted by molar-refractivity contribution is 5.98. The standard InChI is InChI=1S/C17H22N2O4/c1-11(15(20)19-14-5-3-4-6-14)18-16(21)12-7-9-13(10-8-12)17(22)23-2/h7-11,14H,3-6H2,1-2H3,(H,18,21)(H,19,20)/t11-/m1/s1. The topological polar surface area (TPSA) is 84.5 Å². The van der Waals surface area contributed by atoms with Crippen molar-refractivity contribution in [3.63, 3.8) is 0 Å². The summed E-state index contributed by atoms with van der Waals surface area (Å²) < 4.78 is 4.60. The molecule has 1 saturated carbocycles. The van der Waals surface area contributed by atoms with Gasteiger partial charge in [-0.3, -0.25) is 9.59 Å². The van der Waals surface area contributed by atoms with Crippen LogP contribution in [0.25, 0.3) is 0 Å². The first kappa shape index (κ1) is 17.0. The molecule has 0 unspecified atom stereocenters. The van der Waals surface area contributed by atoms with E-state index in [1.807, 2.05) is 0 Å². The number of benzene rings is 1. The van der Waals surface area contributed by atoms with E-state index in [4.69, 9.17) is 0 Å². The number of methoxy groups -OCH3 is 1. The Balaban J connectivity index is 1.89. The normalized spacial score (nSPS) is 15.7. The van der Waals surface area contributed by atoms with Gasteiger partial charge in [0.1, 0.15) is 6.04 Å². The van der Waals surface area contributed by atoms with Crippen molar-refractivity contribution in [3.8, 4) is 0 Å². The van der Waals surface area contributed by atoms with Gasteiger partial charge < -0.3 is 15.4 Å². The Hall–Kier alpha value is -2.37. The molecule has 0 heterocycles. The van der Waals surface area contributed by atoms with Crippen molar-refractivity contribution in [3.05, 3.63) is 35.4 Å². The molecule has 0 aromatic heterocycles. The van der Waals surface area contributed by atoms with Gasteiger partial charge >= 0.3 is 5.97 Å². The molecule has 6 heteroatoms. The minimum atomic E-state index is -0.608. The van der Waals surface area contributed by atoms with Crippen LogP contribution in [0.2, 0.25) is 0 Å². The van der Waals surface area contributed by atoms with Crippen LogP contribution in [-0.2, 0) is 9.53 Å². The molecule has 1 aliphatic carbocycles. The summed E-state index contributed by atoms with van der Waals surface area (Å²) in [6.07, 6.45) is 4.28. The first-order chi connectivity index (χ1) is 11.0. The number of carbonyl (C=O) groups excluding carboxylic acids is 3. The van der Waals surface area contributed by atoms with Crippen molar-refractivity contribution in [1.82, 2.24) is 10.6 Å². The zero-order valence-corrected chi connectivity index (χ0v) is 13.4. The van der Waals surface area contributed by atoms with E-state index < -0.39 is 12.0 Å². The van der Waals surface area contributed by atoms with Gasteiger partial charge in [0.25, 0.3) is 5.91 Å². The Morgan fingerprint density at radius 1 is 1.09 bits per heavy atom. The summed E-state index contributed by atoms with van der Waals surface area (Å²) in [5.74, 6) is -0.979. The molecule has 1 aromatic rings. The summed E-state index contributed by atoms with van der Waals surface area (Å²) in [5, 5.41) is 5.62. The first-order valence-electron chi connectivity index (χ1n) is 7.81. The Bertz CT molecular complexity index is 577. The van der Waals surface area contributed by atoms with Crippen LogP contribution in [0.4, 0.5) is 0 Å². The van der Waals surface area contributed by atoms with Crippen molar-refractivity contribution >= 4 is 17.8 Å². The van der Waals surface area contributed by atoms with Crippen LogP contribution in [0.3, 0.4) is 0 Å². The van der Waals surface area contributed by atoms with Crippen LogP contribution in [0, 0.1) is 0 Å². The zero-order valence-electron chi connectivity index (χ0n) is 13.4. The smallest absolute Gasteiger partial charge is 0.337 e. The summed E-state index contributed by atoms with van der Waals surface area (Å²) in [4.78, 5) is 35.6. The van der Waals surface area contributed by atoms with E-state index in [2.05, 4.69) is 15.4 Å². The lowest BCUT2D eigenvalue weighted by atomic mass is 10.1. The summed E-state index contributed by atoms with van der Waals surface area (Å²) in [6, 6.07) is 5.71. The Morgan fingerprint density at radius 3 is 2.22 bits per heavy atom. The maximum atomic E-state index is 12.1. The van der Waals surface area contributed by atoms with E-state index in [1.54, 1.807) is 6.92 Å². The molecule has 2 N–H and O–H groups in total. The lowest BCUT2D eigenvalue weighted by Crippen LogP contribution is -2.47. The van der Waals surface area contributed by atoms with Gasteiger partial charge in [-0.25, -0.2) is 4.79 Å². The number of nitrogens with one attached hydrogen (secondary N) is 2. The summed E-state index contributed by atoms with van der Waals surface area (Å²) >= 11 is 0. The summed E-state index contributed by atoms with van der Waals surface area (Å²) in [5.41, 5.74) is 0.759. The molecule has 0 aliphatic heterocycles. The number of rotatable bonds is 5. The number of hydrogen-bond acceptors (Lipinski definition) is 4. The van der Waals surface area contributed by atoms with Gasteiger partial charge in [-0.15, -0.1) is 0 Å². The fourth-order valence-electron chi connectivity index (χ4n) is 2.62. The molecule has 23 heavy (non-hydrogen) atoms. The van der Waals surface area contributed by atoms with Gasteiger partial charge in [0, 0.05) is 11.6 Å². The second-order valence-corrected chi connectivity index (χ2v) is 5.75. The minimum Gasteiger partial charge on any atom is -0.465 e. The van der Waals surface area contributed by atoms with Crippen LogP contribution >= 0.6 is 0 Å². The molecule has 0 bridgehead atoms. The molecule has 0 spiro atoms. The predicted molar refractivity (Wildman–Crippen MR) is 85.1 cm³/mol. The van der Waals surface area contributed by atoms with E-state index >= 15 is 0 Å². The minimum absolute atomic E-state index is 0.170. The quantitative estimate of drug-likeness (QED) is 0.809. The van der Waals surface area contributed by atoms with Crippen molar-refractivity contribution in [1.29, 1.82) is 0 Å². The SMILES string of the molecule is COC(=O)c1ccc(C(=O)N[C@H](C)C(=O)NC2CCCC2)cc1. The van der Waals surface area contributed by atoms with Gasteiger partial charge in [0.2, 0.25) is 5.91 Å².